The van der Waals surface area contributed by atoms with E-state index in [9.17, 15) is 13.2 Å². The number of nitrogens with one attached hydrogen (secondary N) is 1. The van der Waals surface area contributed by atoms with Crippen molar-refractivity contribution in [2.45, 2.75) is 19.0 Å². The summed E-state index contributed by atoms with van der Waals surface area (Å²) >= 11 is 4.71. The van der Waals surface area contributed by atoms with Gasteiger partial charge in [-0.05, 0) is 43.3 Å². The van der Waals surface area contributed by atoms with Gasteiger partial charge in [-0.1, -0.05) is 45.4 Å². The van der Waals surface area contributed by atoms with Crippen LogP contribution in [-0.2, 0) is 14.6 Å². The van der Waals surface area contributed by atoms with Crippen molar-refractivity contribution < 1.29 is 13.2 Å². The lowest BCUT2D eigenvalue weighted by Gasteiger charge is -2.26. The van der Waals surface area contributed by atoms with E-state index < -0.39 is 9.84 Å². The number of thioether (sulfide) groups is 1. The number of anilines is 2. The molecule has 1 amide bonds. The predicted molar refractivity (Wildman–Crippen MR) is 123 cm³/mol. The van der Waals surface area contributed by atoms with Gasteiger partial charge < -0.3 is 10.2 Å². The van der Waals surface area contributed by atoms with E-state index >= 15 is 0 Å². The maximum absolute atomic E-state index is 12.4. The standard InChI is InChI=1S/C20H20BrN3O3S2/c1-13-2-8-16(9-3-13)24-18-12-29(26,27)11-17(18)23-20(24)28-10-19(25)22-15-6-4-14(21)5-7-15/h2-9,17-18H,10-12H2,1H3,(H,22,25). The summed E-state index contributed by atoms with van der Waals surface area (Å²) in [4.78, 5) is 19.0. The van der Waals surface area contributed by atoms with Crippen LogP contribution in [0.5, 0.6) is 0 Å². The molecule has 0 bridgehead atoms. The van der Waals surface area contributed by atoms with Crippen LogP contribution in [0.25, 0.3) is 0 Å². The van der Waals surface area contributed by atoms with Crippen LogP contribution in [-0.4, -0.2) is 48.8 Å². The lowest BCUT2D eigenvalue weighted by molar-refractivity contribution is -0.113. The van der Waals surface area contributed by atoms with Crippen LogP contribution in [0.2, 0.25) is 0 Å². The van der Waals surface area contributed by atoms with Gasteiger partial charge in [-0.25, -0.2) is 8.42 Å². The minimum Gasteiger partial charge on any atom is -0.325 e. The second-order valence-electron chi connectivity index (χ2n) is 7.17. The number of benzene rings is 2. The van der Waals surface area contributed by atoms with E-state index in [1.54, 1.807) is 0 Å². The minimum absolute atomic E-state index is 0.0647. The Labute approximate surface area is 182 Å². The number of aliphatic imine (C=N–C) groups is 1. The van der Waals surface area contributed by atoms with Crippen molar-refractivity contribution in [3.8, 4) is 0 Å². The SMILES string of the molecule is Cc1ccc(N2C(SCC(=O)Nc3ccc(Br)cc3)=NC3CS(=O)(=O)CC32)cc1. The van der Waals surface area contributed by atoms with Crippen LogP contribution in [0, 0.1) is 6.92 Å². The number of hydrogen-bond donors (Lipinski definition) is 1. The number of amides is 1. The second-order valence-corrected chi connectivity index (χ2v) is 11.2. The highest BCUT2D eigenvalue weighted by Crippen LogP contribution is 2.35. The van der Waals surface area contributed by atoms with Gasteiger partial charge in [0.2, 0.25) is 5.91 Å². The maximum Gasteiger partial charge on any atom is 0.234 e. The molecule has 1 fully saturated rings. The lowest BCUT2D eigenvalue weighted by atomic mass is 10.1. The van der Waals surface area contributed by atoms with Crippen LogP contribution in [0.1, 0.15) is 5.56 Å². The summed E-state index contributed by atoms with van der Waals surface area (Å²) in [5, 5.41) is 3.57. The molecule has 0 spiro atoms. The molecule has 152 valence electrons. The molecule has 2 aromatic rings. The second kappa shape index (κ2) is 8.12. The molecule has 0 aromatic heterocycles. The largest absolute Gasteiger partial charge is 0.325 e. The van der Waals surface area contributed by atoms with E-state index in [0.717, 1.165) is 21.4 Å². The summed E-state index contributed by atoms with van der Waals surface area (Å²) in [7, 11) is -3.09. The molecule has 2 aliphatic heterocycles. The normalized spacial score (nSPS) is 22.3. The van der Waals surface area contributed by atoms with Gasteiger partial charge >= 0.3 is 0 Å². The number of hydrogen-bond acceptors (Lipinski definition) is 6. The smallest absolute Gasteiger partial charge is 0.234 e. The zero-order chi connectivity index (χ0) is 20.6. The predicted octanol–water partition coefficient (Wildman–Crippen LogP) is 3.47. The molecular weight excluding hydrogens is 474 g/mol. The third-order valence-corrected chi connectivity index (χ3v) is 8.07. The molecule has 2 atom stereocenters. The first-order valence-electron chi connectivity index (χ1n) is 9.13. The van der Waals surface area contributed by atoms with E-state index in [4.69, 9.17) is 0 Å². The molecule has 2 unspecified atom stereocenters. The first-order chi connectivity index (χ1) is 13.8. The number of sulfone groups is 1. The Balaban J connectivity index is 1.49. The molecule has 6 nitrogen and oxygen atoms in total. The fourth-order valence-corrected chi connectivity index (χ4v) is 6.53. The first-order valence-corrected chi connectivity index (χ1v) is 12.7. The Morgan fingerprint density at radius 2 is 1.86 bits per heavy atom. The van der Waals surface area contributed by atoms with Crippen LogP contribution in [0.15, 0.2) is 58.0 Å². The van der Waals surface area contributed by atoms with Gasteiger partial charge in [0, 0.05) is 15.8 Å². The van der Waals surface area contributed by atoms with E-state index in [2.05, 4.69) is 26.2 Å². The number of carbonyl (C=O) groups is 1. The third kappa shape index (κ3) is 4.67. The van der Waals surface area contributed by atoms with Crippen molar-refractivity contribution in [3.05, 3.63) is 58.6 Å². The highest BCUT2D eigenvalue weighted by Gasteiger charge is 2.47. The Hall–Kier alpha value is -1.84. The van der Waals surface area contributed by atoms with Crippen LogP contribution in [0.3, 0.4) is 0 Å². The number of amidine groups is 1. The van der Waals surface area contributed by atoms with Crippen LogP contribution < -0.4 is 10.2 Å². The van der Waals surface area contributed by atoms with Crippen LogP contribution in [0.4, 0.5) is 11.4 Å². The monoisotopic (exact) mass is 493 g/mol. The average Bonchev–Trinajstić information content (AvgIpc) is 3.14. The topological polar surface area (TPSA) is 78.8 Å². The highest BCUT2D eigenvalue weighted by molar-refractivity contribution is 9.10. The Kier molecular flexibility index (Phi) is 5.72. The fourth-order valence-electron chi connectivity index (χ4n) is 3.50. The number of nitrogens with zero attached hydrogens (tertiary/aromatic N) is 2. The number of aryl methyl sites for hydroxylation is 1. The van der Waals surface area contributed by atoms with Crippen LogP contribution >= 0.6 is 27.7 Å². The maximum atomic E-state index is 12.4. The summed E-state index contributed by atoms with van der Waals surface area (Å²) in [6, 6.07) is 14.8. The number of halogens is 1. The number of fused-ring (bicyclic) bond motifs is 1. The summed E-state index contributed by atoms with van der Waals surface area (Å²) in [5.74, 6) is 0.219. The molecule has 0 saturated carbocycles. The Bertz CT molecular complexity index is 1050. The minimum atomic E-state index is -3.09. The summed E-state index contributed by atoms with van der Waals surface area (Å²) in [6.07, 6.45) is 0. The molecule has 2 aliphatic rings. The van der Waals surface area contributed by atoms with Gasteiger partial charge in [-0.2, -0.15) is 0 Å². The molecule has 1 saturated heterocycles. The fraction of sp³-hybridized carbons (Fsp3) is 0.300. The first kappa shape index (κ1) is 20.4. The molecule has 0 aliphatic carbocycles. The van der Waals surface area contributed by atoms with Gasteiger partial charge in [0.05, 0.1) is 29.3 Å². The van der Waals surface area contributed by atoms with Crippen molar-refractivity contribution >= 4 is 60.0 Å². The summed E-state index contributed by atoms with van der Waals surface area (Å²) in [5.41, 5.74) is 2.76. The molecule has 4 rings (SSSR count). The Morgan fingerprint density at radius 1 is 1.17 bits per heavy atom. The summed E-state index contributed by atoms with van der Waals surface area (Å²) in [6.45, 7) is 2.01. The van der Waals surface area contributed by atoms with Crippen molar-refractivity contribution in [3.63, 3.8) is 0 Å². The third-order valence-electron chi connectivity index (χ3n) is 4.88. The van der Waals surface area contributed by atoms with Crippen molar-refractivity contribution in [1.82, 2.24) is 0 Å². The van der Waals surface area contributed by atoms with Gasteiger partial charge in [-0.3, -0.25) is 9.79 Å². The van der Waals surface area contributed by atoms with Crippen molar-refractivity contribution in [1.29, 1.82) is 0 Å². The summed E-state index contributed by atoms with van der Waals surface area (Å²) < 4.78 is 25.2. The van der Waals surface area contributed by atoms with Gasteiger partial charge in [-0.15, -0.1) is 0 Å². The van der Waals surface area contributed by atoms with Gasteiger partial charge in [0.1, 0.15) is 0 Å². The molecule has 29 heavy (non-hydrogen) atoms. The molecular formula is C20H20BrN3O3S2. The van der Waals surface area contributed by atoms with Gasteiger partial charge in [0.15, 0.2) is 15.0 Å². The molecule has 0 radical (unpaired) electrons. The number of rotatable bonds is 4. The zero-order valence-corrected chi connectivity index (χ0v) is 18.9. The van der Waals surface area contributed by atoms with E-state index in [1.807, 2.05) is 60.4 Å². The molecule has 9 heteroatoms. The highest BCUT2D eigenvalue weighted by atomic mass is 79.9. The Morgan fingerprint density at radius 3 is 2.55 bits per heavy atom. The van der Waals surface area contributed by atoms with E-state index in [-0.39, 0.29) is 35.2 Å². The molecule has 2 aromatic carbocycles. The van der Waals surface area contributed by atoms with Crippen molar-refractivity contribution in [2.24, 2.45) is 4.99 Å². The van der Waals surface area contributed by atoms with E-state index in [1.165, 1.54) is 11.8 Å². The average molecular weight is 494 g/mol. The number of carbonyl (C=O) groups excluding carboxylic acids is 1. The molecule has 2 heterocycles. The lowest BCUT2D eigenvalue weighted by Crippen LogP contribution is -2.39. The quantitative estimate of drug-likeness (QED) is 0.705. The molecule has 1 N–H and O–H groups in total. The zero-order valence-electron chi connectivity index (χ0n) is 15.7. The van der Waals surface area contributed by atoms with E-state index in [0.29, 0.717) is 5.17 Å². The van der Waals surface area contributed by atoms with Crippen molar-refractivity contribution in [2.75, 3.05) is 27.5 Å². The van der Waals surface area contributed by atoms with Gasteiger partial charge in [0.25, 0.3) is 0 Å².